The summed E-state index contributed by atoms with van der Waals surface area (Å²) in [6.07, 6.45) is 1.60. The maximum atomic E-state index is 12.2. The lowest BCUT2D eigenvalue weighted by atomic mass is 10.1. The van der Waals surface area contributed by atoms with E-state index in [9.17, 15) is 4.79 Å². The number of ether oxygens (including phenoxy) is 5. The molecular formula is C19H15NO6. The van der Waals surface area contributed by atoms with Crippen LogP contribution in [0.15, 0.2) is 47.1 Å². The van der Waals surface area contributed by atoms with Gasteiger partial charge in [-0.1, -0.05) is 12.1 Å². The molecule has 2 heterocycles. The number of para-hydroxylation sites is 1. The number of cyclic esters (lactones) is 1. The molecule has 2 aromatic rings. The molecule has 0 saturated heterocycles. The van der Waals surface area contributed by atoms with E-state index in [-0.39, 0.29) is 18.4 Å². The van der Waals surface area contributed by atoms with Gasteiger partial charge in [-0.3, -0.25) is 0 Å². The number of methoxy groups -OCH3 is 2. The average molecular weight is 353 g/mol. The summed E-state index contributed by atoms with van der Waals surface area (Å²) >= 11 is 0. The van der Waals surface area contributed by atoms with Crippen LogP contribution in [0.1, 0.15) is 11.1 Å². The summed E-state index contributed by atoms with van der Waals surface area (Å²) in [6, 6.07) is 10.6. The zero-order chi connectivity index (χ0) is 18.1. The molecule has 2 aromatic carbocycles. The Morgan fingerprint density at radius 2 is 1.92 bits per heavy atom. The van der Waals surface area contributed by atoms with Gasteiger partial charge in [-0.2, -0.15) is 0 Å². The Hall–Kier alpha value is -3.48. The third kappa shape index (κ3) is 2.73. The number of esters is 1. The summed E-state index contributed by atoms with van der Waals surface area (Å²) < 4.78 is 26.6. The van der Waals surface area contributed by atoms with Crippen LogP contribution < -0.4 is 18.9 Å². The third-order valence-electron chi connectivity index (χ3n) is 3.97. The minimum Gasteiger partial charge on any atom is -0.493 e. The van der Waals surface area contributed by atoms with Crippen LogP contribution in [0.25, 0.3) is 6.08 Å². The molecule has 0 bridgehead atoms. The number of nitrogens with zero attached hydrogens (tertiary/aromatic N) is 1. The first-order valence-electron chi connectivity index (χ1n) is 7.83. The minimum atomic E-state index is -0.539. The Kier molecular flexibility index (Phi) is 3.96. The van der Waals surface area contributed by atoms with Crippen molar-refractivity contribution in [2.75, 3.05) is 21.0 Å². The van der Waals surface area contributed by atoms with Crippen molar-refractivity contribution in [3.8, 4) is 23.0 Å². The first kappa shape index (κ1) is 16.0. The van der Waals surface area contributed by atoms with Gasteiger partial charge in [-0.15, -0.1) is 0 Å². The lowest BCUT2D eigenvalue weighted by Gasteiger charge is -2.09. The van der Waals surface area contributed by atoms with Crippen LogP contribution in [0.5, 0.6) is 23.0 Å². The summed E-state index contributed by atoms with van der Waals surface area (Å²) in [6.45, 7) is 0.172. The van der Waals surface area contributed by atoms with Gasteiger partial charge in [0.25, 0.3) is 0 Å². The number of carbonyl (C=O) groups is 1. The molecule has 26 heavy (non-hydrogen) atoms. The van der Waals surface area contributed by atoms with Crippen LogP contribution in [0, 0.1) is 0 Å². The lowest BCUT2D eigenvalue weighted by Crippen LogP contribution is -2.05. The first-order chi connectivity index (χ1) is 12.7. The van der Waals surface area contributed by atoms with Crippen molar-refractivity contribution in [3.05, 3.63) is 53.2 Å². The highest BCUT2D eigenvalue weighted by molar-refractivity contribution is 6.13. The van der Waals surface area contributed by atoms with Gasteiger partial charge >= 0.3 is 5.97 Å². The van der Waals surface area contributed by atoms with E-state index in [0.29, 0.717) is 34.1 Å². The smallest absolute Gasteiger partial charge is 0.363 e. The fourth-order valence-corrected chi connectivity index (χ4v) is 2.74. The molecule has 0 saturated carbocycles. The van der Waals surface area contributed by atoms with Gasteiger partial charge in [-0.25, -0.2) is 9.79 Å². The second kappa shape index (κ2) is 6.44. The number of rotatable bonds is 4. The van der Waals surface area contributed by atoms with Gasteiger partial charge in [0.2, 0.25) is 12.7 Å². The molecule has 4 rings (SSSR count). The molecule has 0 radical (unpaired) electrons. The molecular weight excluding hydrogens is 338 g/mol. The number of aliphatic imine (C=N–C) groups is 1. The fourth-order valence-electron chi connectivity index (χ4n) is 2.74. The van der Waals surface area contributed by atoms with Crippen molar-refractivity contribution in [1.29, 1.82) is 0 Å². The predicted octanol–water partition coefficient (Wildman–Crippen LogP) is 2.78. The largest absolute Gasteiger partial charge is 0.493 e. The molecule has 7 heteroatoms. The molecule has 0 amide bonds. The van der Waals surface area contributed by atoms with E-state index < -0.39 is 5.97 Å². The van der Waals surface area contributed by atoms with Crippen LogP contribution in [0.4, 0.5) is 0 Å². The normalized spacial score (nSPS) is 16.5. The van der Waals surface area contributed by atoms with Gasteiger partial charge in [0.15, 0.2) is 28.7 Å². The Balaban J connectivity index is 1.70. The van der Waals surface area contributed by atoms with E-state index in [1.165, 1.54) is 7.11 Å². The van der Waals surface area contributed by atoms with Gasteiger partial charge in [0.05, 0.1) is 14.2 Å². The third-order valence-corrected chi connectivity index (χ3v) is 3.97. The van der Waals surface area contributed by atoms with E-state index in [4.69, 9.17) is 23.7 Å². The molecule has 0 N–H and O–H groups in total. The summed E-state index contributed by atoms with van der Waals surface area (Å²) in [4.78, 5) is 16.5. The summed E-state index contributed by atoms with van der Waals surface area (Å²) in [5.41, 5.74) is 1.46. The minimum absolute atomic E-state index is 0.171. The highest BCUT2D eigenvalue weighted by atomic mass is 16.7. The van der Waals surface area contributed by atoms with Crippen molar-refractivity contribution in [1.82, 2.24) is 0 Å². The van der Waals surface area contributed by atoms with Gasteiger partial charge in [-0.05, 0) is 30.3 Å². The Labute approximate surface area is 149 Å². The fraction of sp³-hybridized carbons (Fsp3) is 0.158. The number of fused-ring (bicyclic) bond motifs is 1. The highest BCUT2D eigenvalue weighted by Crippen LogP contribution is 2.35. The predicted molar refractivity (Wildman–Crippen MR) is 92.7 cm³/mol. The monoisotopic (exact) mass is 353 g/mol. The molecule has 2 aliphatic rings. The SMILES string of the molecule is COc1cccc(/C=C2\N=C(c3ccc4c(c3)OCO4)OC2=O)c1OC. The van der Waals surface area contributed by atoms with Crippen LogP contribution >= 0.6 is 0 Å². The van der Waals surface area contributed by atoms with Crippen molar-refractivity contribution < 1.29 is 28.5 Å². The van der Waals surface area contributed by atoms with Crippen LogP contribution in [-0.4, -0.2) is 32.9 Å². The van der Waals surface area contributed by atoms with Gasteiger partial charge in [0, 0.05) is 11.1 Å². The number of hydrogen-bond acceptors (Lipinski definition) is 7. The Morgan fingerprint density at radius 3 is 2.73 bits per heavy atom. The van der Waals surface area contributed by atoms with Crippen molar-refractivity contribution in [2.24, 2.45) is 4.99 Å². The maximum absolute atomic E-state index is 12.2. The highest BCUT2D eigenvalue weighted by Gasteiger charge is 2.26. The van der Waals surface area contributed by atoms with Gasteiger partial charge < -0.3 is 23.7 Å². The zero-order valence-electron chi connectivity index (χ0n) is 14.1. The van der Waals surface area contributed by atoms with E-state index in [0.717, 1.165) is 0 Å². The van der Waals surface area contributed by atoms with Crippen molar-refractivity contribution >= 4 is 17.9 Å². The molecule has 0 unspecified atom stereocenters. The molecule has 0 aromatic heterocycles. The van der Waals surface area contributed by atoms with Crippen LogP contribution in [0.2, 0.25) is 0 Å². The standard InChI is InChI=1S/C19H15NO6/c1-22-15-5-3-4-11(17(15)23-2)8-13-19(21)26-18(20-13)12-6-7-14-16(9-12)25-10-24-14/h3-9H,10H2,1-2H3/b13-8-. The quantitative estimate of drug-likeness (QED) is 0.621. The first-order valence-corrected chi connectivity index (χ1v) is 7.83. The average Bonchev–Trinajstić information content (AvgIpc) is 3.27. The number of benzene rings is 2. The molecule has 0 atom stereocenters. The van der Waals surface area contributed by atoms with Crippen molar-refractivity contribution in [3.63, 3.8) is 0 Å². The second-order valence-electron chi connectivity index (χ2n) is 5.49. The van der Waals surface area contributed by atoms with E-state index in [1.54, 1.807) is 49.6 Å². The molecule has 132 valence electrons. The van der Waals surface area contributed by atoms with Crippen molar-refractivity contribution in [2.45, 2.75) is 0 Å². The summed E-state index contributed by atoms with van der Waals surface area (Å²) in [5, 5.41) is 0. The molecule has 0 fully saturated rings. The van der Waals surface area contributed by atoms with E-state index in [1.807, 2.05) is 0 Å². The van der Waals surface area contributed by atoms with Gasteiger partial charge in [0.1, 0.15) is 0 Å². The zero-order valence-corrected chi connectivity index (χ0v) is 14.1. The van der Waals surface area contributed by atoms with Crippen LogP contribution in [-0.2, 0) is 9.53 Å². The Bertz CT molecular complexity index is 947. The summed E-state index contributed by atoms with van der Waals surface area (Å²) in [5.74, 6) is 1.99. The molecule has 2 aliphatic heterocycles. The summed E-state index contributed by atoms with van der Waals surface area (Å²) in [7, 11) is 3.09. The second-order valence-corrected chi connectivity index (χ2v) is 5.49. The van der Waals surface area contributed by atoms with E-state index >= 15 is 0 Å². The number of carbonyl (C=O) groups excluding carboxylic acids is 1. The van der Waals surface area contributed by atoms with Crippen LogP contribution in [0.3, 0.4) is 0 Å². The lowest BCUT2D eigenvalue weighted by molar-refractivity contribution is -0.129. The van der Waals surface area contributed by atoms with E-state index in [2.05, 4.69) is 4.99 Å². The topological polar surface area (TPSA) is 75.6 Å². The maximum Gasteiger partial charge on any atom is 0.363 e. The molecule has 0 aliphatic carbocycles. The molecule has 0 spiro atoms. The number of hydrogen-bond donors (Lipinski definition) is 0. The molecule has 7 nitrogen and oxygen atoms in total. The Morgan fingerprint density at radius 1 is 1.08 bits per heavy atom.